The van der Waals surface area contributed by atoms with Gasteiger partial charge in [-0.1, -0.05) is 58.3 Å². The number of halogens is 8. The van der Waals surface area contributed by atoms with Gasteiger partial charge in [0.2, 0.25) is 0 Å². The molecular weight excluding hydrogens is 624 g/mol. The summed E-state index contributed by atoms with van der Waals surface area (Å²) >= 11 is 0. The van der Waals surface area contributed by atoms with E-state index < -0.39 is 57.9 Å². The van der Waals surface area contributed by atoms with Gasteiger partial charge in [-0.25, -0.2) is 26.3 Å². The topological polar surface area (TPSA) is 9.23 Å². The van der Waals surface area contributed by atoms with Gasteiger partial charge in [-0.05, 0) is 110 Å². The van der Waals surface area contributed by atoms with Crippen LogP contribution in [0.3, 0.4) is 0 Å². The van der Waals surface area contributed by atoms with Crippen LogP contribution < -0.4 is 4.74 Å². The van der Waals surface area contributed by atoms with Crippen LogP contribution in [-0.4, -0.2) is 0 Å². The third-order valence-electron chi connectivity index (χ3n) is 10.4. The smallest absolute Gasteiger partial charge is 0.429 e. The number of alkyl halides is 2. The van der Waals surface area contributed by atoms with Gasteiger partial charge >= 0.3 is 6.11 Å². The number of ether oxygens (including phenoxy) is 1. The van der Waals surface area contributed by atoms with Gasteiger partial charge in [0.15, 0.2) is 17.5 Å². The van der Waals surface area contributed by atoms with Gasteiger partial charge in [0.1, 0.15) is 28.8 Å². The Labute approximate surface area is 271 Å². The Bertz CT molecular complexity index is 1460. The maximum absolute atomic E-state index is 15.1. The van der Waals surface area contributed by atoms with Crippen LogP contribution in [0.5, 0.6) is 5.75 Å². The average molecular weight is 667 g/mol. The fraction of sp³-hybridized carbons (Fsp3) is 0.526. The summed E-state index contributed by atoms with van der Waals surface area (Å²) in [6.07, 6.45) is 11.8. The van der Waals surface area contributed by atoms with Crippen molar-refractivity contribution in [2.75, 3.05) is 0 Å². The minimum absolute atomic E-state index is 0.138. The van der Waals surface area contributed by atoms with Crippen molar-refractivity contribution >= 4 is 0 Å². The van der Waals surface area contributed by atoms with Crippen LogP contribution in [0.4, 0.5) is 35.1 Å². The molecule has 2 aliphatic carbocycles. The van der Waals surface area contributed by atoms with Gasteiger partial charge in [-0.2, -0.15) is 8.78 Å². The normalized spacial score (nSPS) is 22.0. The average Bonchev–Trinajstić information content (AvgIpc) is 3.03. The molecule has 5 rings (SSSR count). The molecule has 0 amide bonds. The van der Waals surface area contributed by atoms with Crippen molar-refractivity contribution in [2.45, 2.75) is 109 Å². The third-order valence-corrected chi connectivity index (χ3v) is 10.4. The van der Waals surface area contributed by atoms with Gasteiger partial charge in [0, 0.05) is 11.6 Å². The number of benzene rings is 3. The molecule has 0 spiro atoms. The van der Waals surface area contributed by atoms with Crippen molar-refractivity contribution in [3.8, 4) is 16.9 Å². The highest BCUT2D eigenvalue weighted by Crippen LogP contribution is 2.46. The van der Waals surface area contributed by atoms with E-state index in [2.05, 4.69) is 11.7 Å². The fourth-order valence-corrected chi connectivity index (χ4v) is 7.72. The zero-order valence-electron chi connectivity index (χ0n) is 26.7. The van der Waals surface area contributed by atoms with Crippen LogP contribution >= 0.6 is 0 Å². The molecule has 0 aliphatic heterocycles. The first-order valence-electron chi connectivity index (χ1n) is 17.0. The van der Waals surface area contributed by atoms with Crippen LogP contribution in [0.15, 0.2) is 42.5 Å². The second-order valence-electron chi connectivity index (χ2n) is 13.5. The molecule has 9 heteroatoms. The molecule has 2 aliphatic rings. The van der Waals surface area contributed by atoms with E-state index in [-0.39, 0.29) is 11.5 Å². The van der Waals surface area contributed by atoms with Crippen molar-refractivity contribution in [3.63, 3.8) is 0 Å². The highest BCUT2D eigenvalue weighted by atomic mass is 19.3. The zero-order chi connectivity index (χ0) is 33.7. The molecule has 3 aromatic carbocycles. The molecule has 0 aromatic heterocycles. The number of unbranched alkanes of at least 4 members (excludes halogenated alkanes) is 4. The Morgan fingerprint density at radius 3 is 1.79 bits per heavy atom. The van der Waals surface area contributed by atoms with E-state index in [1.807, 2.05) is 0 Å². The minimum atomic E-state index is -4.50. The van der Waals surface area contributed by atoms with E-state index >= 15 is 17.6 Å². The van der Waals surface area contributed by atoms with Crippen molar-refractivity contribution in [1.29, 1.82) is 0 Å². The first-order valence-corrected chi connectivity index (χ1v) is 17.0. The molecular formula is C38H42F8O. The lowest BCUT2D eigenvalue weighted by atomic mass is 9.68. The Morgan fingerprint density at radius 1 is 0.638 bits per heavy atom. The summed E-state index contributed by atoms with van der Waals surface area (Å²) in [7, 11) is 0. The predicted molar refractivity (Wildman–Crippen MR) is 166 cm³/mol. The molecule has 0 atom stereocenters. The Morgan fingerprint density at radius 2 is 1.21 bits per heavy atom. The molecule has 3 aromatic rings. The van der Waals surface area contributed by atoms with Crippen molar-refractivity contribution in [3.05, 3.63) is 88.5 Å². The van der Waals surface area contributed by atoms with E-state index in [0.717, 1.165) is 55.9 Å². The number of rotatable bonds is 12. The van der Waals surface area contributed by atoms with Gasteiger partial charge < -0.3 is 4.74 Å². The standard InChI is InChI=1S/C38H42F8O/c1-2-3-4-5-6-7-23-8-10-24(11-9-23)25-12-14-26(15-13-25)27-18-32(40)36(33(41)19-27)38(45,46)47-29-16-17-30(31(39)22-29)28-20-34(42)37(44)35(43)21-28/h16-26H,2-15H2,1H3. The van der Waals surface area contributed by atoms with Crippen molar-refractivity contribution < 1.29 is 39.9 Å². The molecule has 0 heterocycles. The van der Waals surface area contributed by atoms with Crippen LogP contribution in [0.2, 0.25) is 0 Å². The van der Waals surface area contributed by atoms with Crippen LogP contribution in [0.1, 0.15) is 114 Å². The molecule has 0 radical (unpaired) electrons. The molecule has 47 heavy (non-hydrogen) atoms. The van der Waals surface area contributed by atoms with Crippen molar-refractivity contribution in [1.82, 2.24) is 0 Å². The second kappa shape index (κ2) is 15.4. The number of hydrogen-bond acceptors (Lipinski definition) is 1. The maximum atomic E-state index is 15.1. The molecule has 2 fully saturated rings. The maximum Gasteiger partial charge on any atom is 0.432 e. The minimum Gasteiger partial charge on any atom is -0.429 e. The van der Waals surface area contributed by atoms with E-state index in [4.69, 9.17) is 0 Å². The van der Waals surface area contributed by atoms with Gasteiger partial charge in [0.25, 0.3) is 0 Å². The molecule has 1 nitrogen and oxygen atoms in total. The summed E-state index contributed by atoms with van der Waals surface area (Å²) in [6, 6.07) is 5.21. The first kappa shape index (κ1) is 35.2. The zero-order valence-corrected chi connectivity index (χ0v) is 26.7. The first-order chi connectivity index (χ1) is 22.5. The molecule has 0 saturated heterocycles. The van der Waals surface area contributed by atoms with Crippen LogP contribution in [0.25, 0.3) is 11.1 Å². The predicted octanol–water partition coefficient (Wildman–Crippen LogP) is 12.8. The monoisotopic (exact) mass is 666 g/mol. The fourth-order valence-electron chi connectivity index (χ4n) is 7.72. The molecule has 256 valence electrons. The van der Waals surface area contributed by atoms with Crippen molar-refractivity contribution in [2.24, 2.45) is 17.8 Å². The SMILES string of the molecule is CCCCCCCC1CCC(C2CCC(c3cc(F)c(C(F)(F)Oc4ccc(-c5cc(F)c(F)c(F)c5)c(F)c4)c(F)c3)CC2)CC1. The van der Waals surface area contributed by atoms with E-state index in [1.165, 1.54) is 64.2 Å². The van der Waals surface area contributed by atoms with E-state index in [9.17, 15) is 17.6 Å². The summed E-state index contributed by atoms with van der Waals surface area (Å²) in [5, 5.41) is 0. The molecule has 0 N–H and O–H groups in total. The Balaban J connectivity index is 1.17. The summed E-state index contributed by atoms with van der Waals surface area (Å²) < 4.78 is 120. The largest absolute Gasteiger partial charge is 0.432 e. The summed E-state index contributed by atoms with van der Waals surface area (Å²) in [6.45, 7) is 2.23. The molecule has 2 saturated carbocycles. The lowest BCUT2D eigenvalue weighted by Crippen LogP contribution is -2.27. The Hall–Kier alpha value is -3.10. The van der Waals surface area contributed by atoms with E-state index in [1.54, 1.807) is 0 Å². The van der Waals surface area contributed by atoms with Crippen LogP contribution in [0, 0.1) is 52.7 Å². The summed E-state index contributed by atoms with van der Waals surface area (Å²) in [5.74, 6) is -7.84. The summed E-state index contributed by atoms with van der Waals surface area (Å²) in [5.41, 5.74) is -2.06. The third kappa shape index (κ3) is 8.50. The Kier molecular flexibility index (Phi) is 11.5. The van der Waals surface area contributed by atoms with Gasteiger partial charge in [0.05, 0.1) is 0 Å². The van der Waals surface area contributed by atoms with Gasteiger partial charge in [-0.15, -0.1) is 0 Å². The molecule has 0 bridgehead atoms. The van der Waals surface area contributed by atoms with Crippen LogP contribution in [-0.2, 0) is 6.11 Å². The molecule has 0 unspecified atom stereocenters. The summed E-state index contributed by atoms with van der Waals surface area (Å²) in [4.78, 5) is 0. The lowest BCUT2D eigenvalue weighted by Gasteiger charge is -2.38. The lowest BCUT2D eigenvalue weighted by molar-refractivity contribution is -0.189. The number of hydrogen-bond donors (Lipinski definition) is 0. The van der Waals surface area contributed by atoms with Gasteiger partial charge in [-0.3, -0.25) is 0 Å². The second-order valence-corrected chi connectivity index (χ2v) is 13.5. The quantitative estimate of drug-likeness (QED) is 0.106. The highest BCUT2D eigenvalue weighted by Gasteiger charge is 2.42. The van der Waals surface area contributed by atoms with E-state index in [0.29, 0.717) is 35.6 Å². The highest BCUT2D eigenvalue weighted by molar-refractivity contribution is 5.65.